The van der Waals surface area contributed by atoms with Crippen LogP contribution in [0.5, 0.6) is 0 Å². The zero-order valence-electron chi connectivity index (χ0n) is 12.1. The number of pyridine rings is 1. The van der Waals surface area contributed by atoms with Gasteiger partial charge < -0.3 is 16.4 Å². The molecule has 2 atom stereocenters. The van der Waals surface area contributed by atoms with E-state index in [1.807, 2.05) is 0 Å². The molecule has 0 aliphatic carbocycles. The molecule has 23 heavy (non-hydrogen) atoms. The molecular formula is C13H16F3N7. The van der Waals surface area contributed by atoms with Crippen molar-refractivity contribution < 1.29 is 13.2 Å². The molecule has 0 radical (unpaired) electrons. The quantitative estimate of drug-likeness (QED) is 0.610. The minimum atomic E-state index is -4.54. The van der Waals surface area contributed by atoms with Gasteiger partial charge in [-0.2, -0.15) is 13.2 Å². The van der Waals surface area contributed by atoms with Gasteiger partial charge in [-0.05, 0) is 25.1 Å². The van der Waals surface area contributed by atoms with Gasteiger partial charge in [0.25, 0.3) is 0 Å². The van der Waals surface area contributed by atoms with Gasteiger partial charge >= 0.3 is 6.18 Å². The minimum Gasteiger partial charge on any atom is -0.370 e. The molecule has 2 aliphatic rings. The third-order valence-electron chi connectivity index (χ3n) is 3.78. The molecule has 1 aromatic rings. The van der Waals surface area contributed by atoms with Crippen molar-refractivity contribution in [3.8, 4) is 0 Å². The lowest BCUT2D eigenvalue weighted by atomic mass is 10.0. The molecule has 2 unspecified atom stereocenters. The Morgan fingerprint density at radius 1 is 1.26 bits per heavy atom. The third-order valence-corrected chi connectivity index (χ3v) is 3.78. The van der Waals surface area contributed by atoms with Gasteiger partial charge in [0.1, 0.15) is 11.4 Å². The molecule has 2 aliphatic heterocycles. The number of nitrogens with two attached hydrogens (primary N) is 2. The number of halogens is 3. The molecule has 0 bridgehead atoms. The van der Waals surface area contributed by atoms with Crippen LogP contribution in [-0.4, -0.2) is 35.7 Å². The Bertz CT molecular complexity index is 664. The fourth-order valence-electron chi connectivity index (χ4n) is 2.62. The Kier molecular flexibility index (Phi) is 3.72. The molecule has 0 saturated carbocycles. The average molecular weight is 327 g/mol. The highest BCUT2D eigenvalue weighted by Crippen LogP contribution is 2.29. The fraction of sp³-hybridized carbons (Fsp3) is 0.462. The smallest absolute Gasteiger partial charge is 0.370 e. The van der Waals surface area contributed by atoms with Crippen molar-refractivity contribution >= 4 is 11.8 Å². The summed E-state index contributed by atoms with van der Waals surface area (Å²) in [6.07, 6.45) is -3.79. The van der Waals surface area contributed by atoms with Crippen LogP contribution < -0.4 is 22.1 Å². The van der Waals surface area contributed by atoms with Crippen LogP contribution in [0.25, 0.3) is 0 Å². The summed E-state index contributed by atoms with van der Waals surface area (Å²) in [4.78, 5) is 12.0. The molecule has 1 aromatic heterocycles. The zero-order chi connectivity index (χ0) is 16.7. The van der Waals surface area contributed by atoms with Crippen molar-refractivity contribution in [1.29, 1.82) is 0 Å². The van der Waals surface area contributed by atoms with Crippen molar-refractivity contribution in [3.63, 3.8) is 0 Å². The van der Waals surface area contributed by atoms with E-state index in [0.717, 1.165) is 19.0 Å². The van der Waals surface area contributed by atoms with Crippen LogP contribution in [0.4, 0.5) is 13.2 Å². The number of amidine groups is 1. The largest absolute Gasteiger partial charge is 0.433 e. The molecule has 6 N–H and O–H groups in total. The van der Waals surface area contributed by atoms with E-state index < -0.39 is 17.7 Å². The maximum absolute atomic E-state index is 12.8. The summed E-state index contributed by atoms with van der Waals surface area (Å²) in [6.45, 7) is 1.39. The normalized spacial score (nSPS) is 28.1. The number of rotatable bonds is 2. The maximum atomic E-state index is 12.8. The van der Waals surface area contributed by atoms with E-state index in [0.29, 0.717) is 6.54 Å². The van der Waals surface area contributed by atoms with Gasteiger partial charge in [0.05, 0.1) is 0 Å². The second-order valence-corrected chi connectivity index (χ2v) is 5.46. The molecule has 3 heterocycles. The summed E-state index contributed by atoms with van der Waals surface area (Å²) in [5.74, 6) is -1.32. The number of aromatic nitrogens is 1. The molecule has 124 valence electrons. The highest BCUT2D eigenvalue weighted by atomic mass is 19.4. The lowest BCUT2D eigenvalue weighted by molar-refractivity contribution is -0.141. The zero-order valence-corrected chi connectivity index (χ0v) is 12.1. The Morgan fingerprint density at radius 2 is 2.04 bits per heavy atom. The maximum Gasteiger partial charge on any atom is 0.433 e. The van der Waals surface area contributed by atoms with E-state index in [1.165, 1.54) is 12.1 Å². The van der Waals surface area contributed by atoms with Crippen LogP contribution in [-0.2, 0) is 6.18 Å². The number of nitrogens with one attached hydrogen (secondary N) is 2. The summed E-state index contributed by atoms with van der Waals surface area (Å²) < 4.78 is 38.4. The highest BCUT2D eigenvalue weighted by molar-refractivity contribution is 6.08. The second kappa shape index (κ2) is 5.46. The number of aliphatic imine (C=N–C) groups is 2. The average Bonchev–Trinajstić information content (AvgIpc) is 3.00. The van der Waals surface area contributed by atoms with Crippen LogP contribution in [0.1, 0.15) is 17.8 Å². The lowest BCUT2D eigenvalue weighted by Crippen LogP contribution is -2.54. The standard InChI is InChI=1S/C13H16F3N7/c14-12(15,16)9-3-1-2-8(20-9)10-21-11(17)23-13(18,22-10)7-4-5-19-6-7/h1-3,7,19H,4-6,18H2,(H3,17,21,22,23). The van der Waals surface area contributed by atoms with Crippen molar-refractivity contribution in [2.45, 2.75) is 18.4 Å². The first-order chi connectivity index (χ1) is 10.8. The Balaban J connectivity index is 1.97. The number of nitrogens with zero attached hydrogens (tertiary/aromatic N) is 3. The lowest BCUT2D eigenvalue weighted by Gasteiger charge is -2.31. The van der Waals surface area contributed by atoms with Gasteiger partial charge in [-0.25, -0.2) is 15.0 Å². The van der Waals surface area contributed by atoms with E-state index in [-0.39, 0.29) is 23.4 Å². The van der Waals surface area contributed by atoms with Gasteiger partial charge in [0, 0.05) is 12.5 Å². The fourth-order valence-corrected chi connectivity index (χ4v) is 2.62. The van der Waals surface area contributed by atoms with E-state index in [9.17, 15) is 13.2 Å². The Morgan fingerprint density at radius 3 is 2.70 bits per heavy atom. The van der Waals surface area contributed by atoms with Gasteiger partial charge in [0.15, 0.2) is 11.8 Å². The predicted molar refractivity (Wildman–Crippen MR) is 78.4 cm³/mol. The van der Waals surface area contributed by atoms with Crippen molar-refractivity contribution in [2.75, 3.05) is 13.1 Å². The molecule has 0 aromatic carbocycles. The molecule has 10 heteroatoms. The number of hydrogen-bond acceptors (Lipinski definition) is 7. The minimum absolute atomic E-state index is 0.00334. The Hall–Kier alpha value is -2.20. The van der Waals surface area contributed by atoms with E-state index in [4.69, 9.17) is 11.5 Å². The molecule has 1 fully saturated rings. The van der Waals surface area contributed by atoms with Gasteiger partial charge in [-0.1, -0.05) is 6.07 Å². The number of hydrogen-bond donors (Lipinski definition) is 4. The first kappa shape index (κ1) is 15.7. The summed E-state index contributed by atoms with van der Waals surface area (Å²) in [5, 5.41) is 5.79. The topological polar surface area (TPSA) is 114 Å². The van der Waals surface area contributed by atoms with Crippen LogP contribution in [0, 0.1) is 5.92 Å². The van der Waals surface area contributed by atoms with Crippen LogP contribution in [0.3, 0.4) is 0 Å². The summed E-state index contributed by atoms with van der Waals surface area (Å²) in [5.41, 5.74) is 11.0. The number of alkyl halides is 3. The van der Waals surface area contributed by atoms with Crippen molar-refractivity contribution in [1.82, 2.24) is 15.6 Å². The van der Waals surface area contributed by atoms with Crippen LogP contribution >= 0.6 is 0 Å². The number of guanidine groups is 1. The Labute approximate surface area is 130 Å². The summed E-state index contributed by atoms with van der Waals surface area (Å²) in [6, 6.07) is 3.56. The van der Waals surface area contributed by atoms with Gasteiger partial charge in [-0.15, -0.1) is 0 Å². The summed E-state index contributed by atoms with van der Waals surface area (Å²) in [7, 11) is 0. The van der Waals surface area contributed by atoms with Gasteiger partial charge in [-0.3, -0.25) is 5.73 Å². The third kappa shape index (κ3) is 3.13. The first-order valence-electron chi connectivity index (χ1n) is 7.04. The first-order valence-corrected chi connectivity index (χ1v) is 7.04. The predicted octanol–water partition coefficient (Wildman–Crippen LogP) is -0.0131. The molecular weight excluding hydrogens is 311 g/mol. The van der Waals surface area contributed by atoms with Gasteiger partial charge in [0.2, 0.25) is 5.79 Å². The monoisotopic (exact) mass is 327 g/mol. The van der Waals surface area contributed by atoms with E-state index in [1.54, 1.807) is 0 Å². The van der Waals surface area contributed by atoms with Crippen molar-refractivity contribution in [2.24, 2.45) is 27.4 Å². The molecule has 3 rings (SSSR count). The highest BCUT2D eigenvalue weighted by Gasteiger charge is 2.40. The SMILES string of the molecule is NC1=NC(N)(C2CCNC2)N=C(c2cccc(C(F)(F)F)n2)N1. The van der Waals surface area contributed by atoms with E-state index in [2.05, 4.69) is 25.6 Å². The molecule has 7 nitrogen and oxygen atoms in total. The van der Waals surface area contributed by atoms with E-state index >= 15 is 0 Å². The molecule has 0 amide bonds. The molecule has 0 spiro atoms. The summed E-state index contributed by atoms with van der Waals surface area (Å²) >= 11 is 0. The molecule has 1 saturated heterocycles. The van der Waals surface area contributed by atoms with Crippen LogP contribution in [0.15, 0.2) is 28.2 Å². The second-order valence-electron chi connectivity index (χ2n) is 5.46. The van der Waals surface area contributed by atoms with Crippen LogP contribution in [0.2, 0.25) is 0 Å². The van der Waals surface area contributed by atoms with Crippen molar-refractivity contribution in [3.05, 3.63) is 29.6 Å².